The highest BCUT2D eigenvalue weighted by molar-refractivity contribution is 5.94. The lowest BCUT2D eigenvalue weighted by Crippen LogP contribution is -2.63. The van der Waals surface area contributed by atoms with E-state index in [1.807, 2.05) is 6.92 Å². The normalized spacial score (nSPS) is 43.9. The summed E-state index contributed by atoms with van der Waals surface area (Å²) in [4.78, 5) is 26.5. The third-order valence-corrected chi connectivity index (χ3v) is 8.96. The summed E-state index contributed by atoms with van der Waals surface area (Å²) in [7, 11) is 1.22. The zero-order valence-electron chi connectivity index (χ0n) is 21.8. The van der Waals surface area contributed by atoms with Gasteiger partial charge in [0, 0.05) is 27.5 Å². The second-order valence-corrected chi connectivity index (χ2v) is 11.1. The van der Waals surface area contributed by atoms with Gasteiger partial charge >= 0.3 is 11.9 Å². The smallest absolute Gasteiger partial charge is 0.334 e. The first-order valence-electron chi connectivity index (χ1n) is 12.9. The lowest BCUT2D eigenvalue weighted by atomic mass is 9.47. The van der Waals surface area contributed by atoms with Gasteiger partial charge in [-0.15, -0.1) is 0 Å². The van der Waals surface area contributed by atoms with E-state index in [2.05, 4.69) is 0 Å². The van der Waals surface area contributed by atoms with Gasteiger partial charge in [-0.2, -0.15) is 0 Å². The van der Waals surface area contributed by atoms with E-state index in [-0.39, 0.29) is 17.6 Å². The van der Waals surface area contributed by atoms with Crippen LogP contribution in [0.25, 0.3) is 0 Å². The molecule has 0 spiro atoms. The van der Waals surface area contributed by atoms with Crippen LogP contribution in [0.5, 0.6) is 0 Å². The number of carbonyl (C=O) groups excluding carboxylic acids is 2. The van der Waals surface area contributed by atoms with Crippen molar-refractivity contribution in [3.05, 3.63) is 47.5 Å². The van der Waals surface area contributed by atoms with E-state index in [1.54, 1.807) is 13.0 Å². The number of aliphatic hydroxyl groups excluding tert-OH is 5. The van der Waals surface area contributed by atoms with Gasteiger partial charge in [0.15, 0.2) is 6.29 Å². The average Bonchev–Trinajstić information content (AvgIpc) is 3.45. The quantitative estimate of drug-likeness (QED) is 0.307. The van der Waals surface area contributed by atoms with E-state index < -0.39 is 84.3 Å². The molecule has 11 atom stereocenters. The summed E-state index contributed by atoms with van der Waals surface area (Å²) in [6.45, 7) is 2.98. The third-order valence-electron chi connectivity index (χ3n) is 8.96. The maximum absolute atomic E-state index is 13.4. The van der Waals surface area contributed by atoms with Crippen molar-refractivity contribution in [3.8, 4) is 0 Å². The first-order valence-corrected chi connectivity index (χ1v) is 12.9. The lowest BCUT2D eigenvalue weighted by Gasteiger charge is -2.59. The summed E-state index contributed by atoms with van der Waals surface area (Å²) >= 11 is 0. The molecule has 2 aliphatic carbocycles. The summed E-state index contributed by atoms with van der Waals surface area (Å²) < 4.78 is 27.8. The van der Waals surface area contributed by atoms with E-state index in [1.165, 1.54) is 31.8 Å². The Kier molecular flexibility index (Phi) is 7.25. The van der Waals surface area contributed by atoms with Crippen LogP contribution in [0.3, 0.4) is 0 Å². The molecule has 0 radical (unpaired) electrons. The Bertz CT molecular complexity index is 1160. The van der Waals surface area contributed by atoms with Crippen LogP contribution >= 0.6 is 0 Å². The molecule has 214 valence electrons. The molecule has 1 aromatic rings. The molecule has 0 amide bonds. The Labute approximate surface area is 224 Å². The maximum Gasteiger partial charge on any atom is 0.334 e. The summed E-state index contributed by atoms with van der Waals surface area (Å²) in [5.74, 6) is -1.87. The molecule has 5 N–H and O–H groups in total. The minimum absolute atomic E-state index is 0.124. The SMILES string of the molecule is COC(=O)C1=CC(O)C[C@@H]2[C@]3(C)CC(c4ccoc4)OC(=O)C3=CC(OC3OC(CO)C(O)C(O)C3O)[C@@]12C. The minimum Gasteiger partial charge on any atom is -0.472 e. The highest BCUT2D eigenvalue weighted by Crippen LogP contribution is 2.63. The number of rotatable bonds is 5. The van der Waals surface area contributed by atoms with Gasteiger partial charge < -0.3 is 48.9 Å². The fourth-order valence-corrected chi connectivity index (χ4v) is 6.81. The van der Waals surface area contributed by atoms with Crippen LogP contribution in [-0.2, 0) is 28.5 Å². The number of cyclic esters (lactones) is 1. The molecule has 8 unspecified atom stereocenters. The van der Waals surface area contributed by atoms with Crippen molar-refractivity contribution in [2.75, 3.05) is 13.7 Å². The van der Waals surface area contributed by atoms with E-state index in [4.69, 9.17) is 23.4 Å². The Morgan fingerprint density at radius 1 is 1.13 bits per heavy atom. The predicted octanol–water partition coefficient (Wildman–Crippen LogP) is -0.115. The van der Waals surface area contributed by atoms with Crippen LogP contribution in [0.15, 0.2) is 46.3 Å². The van der Waals surface area contributed by atoms with Crippen LogP contribution < -0.4 is 0 Å². The molecule has 2 saturated heterocycles. The Balaban J connectivity index is 1.61. The molecule has 12 heteroatoms. The molecule has 39 heavy (non-hydrogen) atoms. The molecule has 3 heterocycles. The topological polar surface area (TPSA) is 185 Å². The fraction of sp³-hybridized carbons (Fsp3) is 0.630. The third kappa shape index (κ3) is 4.34. The number of esters is 2. The van der Waals surface area contributed by atoms with Crippen molar-refractivity contribution < 1.29 is 58.5 Å². The molecule has 0 bridgehead atoms. The molecule has 5 rings (SSSR count). The number of ether oxygens (including phenoxy) is 4. The van der Waals surface area contributed by atoms with Gasteiger partial charge in [0.1, 0.15) is 30.5 Å². The summed E-state index contributed by atoms with van der Waals surface area (Å²) in [5, 5.41) is 51.6. The van der Waals surface area contributed by atoms with Crippen molar-refractivity contribution in [3.63, 3.8) is 0 Å². The number of hydrogen-bond donors (Lipinski definition) is 5. The van der Waals surface area contributed by atoms with Gasteiger partial charge in [-0.1, -0.05) is 13.8 Å². The number of carbonyl (C=O) groups is 2. The lowest BCUT2D eigenvalue weighted by molar-refractivity contribution is -0.317. The first kappa shape index (κ1) is 28.0. The van der Waals surface area contributed by atoms with Crippen LogP contribution in [-0.4, -0.2) is 94.1 Å². The molecule has 4 aliphatic rings. The monoisotopic (exact) mass is 550 g/mol. The number of methoxy groups -OCH3 is 1. The zero-order valence-corrected chi connectivity index (χ0v) is 21.8. The highest BCUT2D eigenvalue weighted by Gasteiger charge is 2.64. The van der Waals surface area contributed by atoms with Crippen molar-refractivity contribution in [2.45, 2.75) is 75.7 Å². The molecule has 2 fully saturated rings. The minimum atomic E-state index is -1.71. The van der Waals surface area contributed by atoms with Crippen molar-refractivity contribution in [2.24, 2.45) is 16.7 Å². The van der Waals surface area contributed by atoms with Gasteiger partial charge in [-0.25, -0.2) is 9.59 Å². The van der Waals surface area contributed by atoms with Crippen LogP contribution in [0.1, 0.15) is 38.4 Å². The van der Waals surface area contributed by atoms with Crippen LogP contribution in [0.2, 0.25) is 0 Å². The first-order chi connectivity index (χ1) is 18.4. The molecular formula is C27H34O12. The second kappa shape index (κ2) is 10.1. The van der Waals surface area contributed by atoms with Gasteiger partial charge in [0.05, 0.1) is 38.5 Å². The van der Waals surface area contributed by atoms with Crippen LogP contribution in [0, 0.1) is 16.7 Å². The van der Waals surface area contributed by atoms with E-state index in [0.717, 1.165) is 0 Å². The summed E-state index contributed by atoms with van der Waals surface area (Å²) in [6.07, 6.45) is -4.09. The predicted molar refractivity (Wildman–Crippen MR) is 129 cm³/mol. The van der Waals surface area contributed by atoms with E-state index >= 15 is 0 Å². The Morgan fingerprint density at radius 3 is 2.51 bits per heavy atom. The standard InChI is InChI=1S/C27H34O12/c1-26-9-16(12-4-5-36-11-12)37-24(34)14(26)8-19(39-25-22(32)21(31)20(30)17(10-28)38-25)27(2)15(23(33)35-3)6-13(29)7-18(26)27/h4-6,8,11,13,16-22,25,28-32H,7,9-10H2,1-3H3/t13?,16?,17?,18-,19?,20?,21?,22?,25?,26-,27+/m1/s1. The summed E-state index contributed by atoms with van der Waals surface area (Å²) in [5.41, 5.74) is -1.03. The second-order valence-electron chi connectivity index (χ2n) is 11.1. The zero-order chi connectivity index (χ0) is 28.3. The van der Waals surface area contributed by atoms with Gasteiger partial charge in [-0.05, 0) is 37.0 Å². The maximum atomic E-state index is 13.4. The molecule has 0 aromatic carbocycles. The molecule has 0 saturated carbocycles. The van der Waals surface area contributed by atoms with Gasteiger partial charge in [-0.3, -0.25) is 0 Å². The average molecular weight is 551 g/mol. The number of fused-ring (bicyclic) bond motifs is 3. The number of aliphatic hydroxyl groups is 5. The number of furan rings is 1. The number of hydrogen-bond acceptors (Lipinski definition) is 12. The summed E-state index contributed by atoms with van der Waals surface area (Å²) in [6, 6.07) is 1.71. The largest absolute Gasteiger partial charge is 0.472 e. The van der Waals surface area contributed by atoms with Crippen molar-refractivity contribution in [1.29, 1.82) is 0 Å². The Morgan fingerprint density at radius 2 is 1.87 bits per heavy atom. The molecule has 12 nitrogen and oxygen atoms in total. The Hall–Kier alpha value is -2.58. The van der Waals surface area contributed by atoms with Crippen molar-refractivity contribution in [1.82, 2.24) is 0 Å². The highest BCUT2D eigenvalue weighted by atomic mass is 16.7. The van der Waals surface area contributed by atoms with Gasteiger partial charge in [0.2, 0.25) is 0 Å². The molecule has 1 aromatic heterocycles. The molecular weight excluding hydrogens is 516 g/mol. The van der Waals surface area contributed by atoms with Gasteiger partial charge in [0.25, 0.3) is 0 Å². The van der Waals surface area contributed by atoms with E-state index in [9.17, 15) is 35.1 Å². The fourth-order valence-electron chi connectivity index (χ4n) is 6.81. The van der Waals surface area contributed by atoms with E-state index in [0.29, 0.717) is 12.0 Å². The van der Waals surface area contributed by atoms with Crippen LogP contribution in [0.4, 0.5) is 0 Å². The van der Waals surface area contributed by atoms with Crippen molar-refractivity contribution >= 4 is 11.9 Å². The molecule has 2 aliphatic heterocycles.